The highest BCUT2D eigenvalue weighted by molar-refractivity contribution is 6.33. The Morgan fingerprint density at radius 1 is 1.09 bits per heavy atom. The van der Waals surface area contributed by atoms with Crippen LogP contribution in [-0.4, -0.2) is 24.9 Å². The summed E-state index contributed by atoms with van der Waals surface area (Å²) in [6, 6.07) is 6.86. The van der Waals surface area contributed by atoms with Gasteiger partial charge in [0.2, 0.25) is 5.91 Å². The normalized spacial score (nSPS) is 14.0. The molecule has 0 spiro atoms. The van der Waals surface area contributed by atoms with Crippen LogP contribution in [0.5, 0.6) is 0 Å². The fourth-order valence-electron chi connectivity index (χ4n) is 2.61. The number of rotatable bonds is 7. The van der Waals surface area contributed by atoms with Crippen molar-refractivity contribution in [3.8, 4) is 0 Å². The van der Waals surface area contributed by atoms with Gasteiger partial charge in [-0.05, 0) is 44.2 Å². The van der Waals surface area contributed by atoms with Crippen LogP contribution < -0.4 is 10.6 Å². The van der Waals surface area contributed by atoms with Gasteiger partial charge in [0.25, 0.3) is 5.91 Å². The maximum absolute atomic E-state index is 11.9. The second kappa shape index (κ2) is 9.36. The van der Waals surface area contributed by atoms with E-state index in [-0.39, 0.29) is 18.2 Å². The van der Waals surface area contributed by atoms with Crippen molar-refractivity contribution < 1.29 is 9.59 Å². The third-order valence-electron chi connectivity index (χ3n) is 3.91. The zero-order valence-corrected chi connectivity index (χ0v) is 14.0. The van der Waals surface area contributed by atoms with E-state index in [1.165, 1.54) is 18.4 Å². The molecule has 1 aliphatic rings. The van der Waals surface area contributed by atoms with Crippen molar-refractivity contribution in [1.29, 1.82) is 0 Å². The number of amides is 2. The molecule has 0 heterocycles. The molecule has 0 aromatic heterocycles. The fraction of sp³-hybridized carbons (Fsp3) is 0.444. The Morgan fingerprint density at radius 2 is 1.91 bits per heavy atom. The maximum Gasteiger partial charge on any atom is 0.252 e. The first kappa shape index (κ1) is 17.5. The van der Waals surface area contributed by atoms with Crippen LogP contribution >= 0.6 is 11.6 Å². The zero-order valence-electron chi connectivity index (χ0n) is 13.2. The first-order valence-corrected chi connectivity index (χ1v) is 8.52. The van der Waals surface area contributed by atoms with Crippen molar-refractivity contribution in [2.24, 2.45) is 0 Å². The molecule has 0 saturated heterocycles. The summed E-state index contributed by atoms with van der Waals surface area (Å²) in [5.74, 6) is -0.295. The fourth-order valence-corrected chi connectivity index (χ4v) is 2.83. The summed E-state index contributed by atoms with van der Waals surface area (Å²) in [6.07, 6.45) is 8.35. The smallest absolute Gasteiger partial charge is 0.252 e. The van der Waals surface area contributed by atoms with Crippen molar-refractivity contribution in [2.75, 3.05) is 13.1 Å². The van der Waals surface area contributed by atoms with Gasteiger partial charge in [-0.2, -0.15) is 0 Å². The lowest BCUT2D eigenvalue weighted by molar-refractivity contribution is -0.120. The molecule has 5 heteroatoms. The Hall–Kier alpha value is -1.81. The van der Waals surface area contributed by atoms with Crippen LogP contribution in [0.15, 0.2) is 35.9 Å². The van der Waals surface area contributed by atoms with Crippen LogP contribution in [-0.2, 0) is 4.79 Å². The van der Waals surface area contributed by atoms with E-state index in [4.69, 9.17) is 11.6 Å². The summed E-state index contributed by atoms with van der Waals surface area (Å²) in [6.45, 7) is 0.974. The molecule has 0 radical (unpaired) electrons. The first-order valence-electron chi connectivity index (χ1n) is 8.14. The van der Waals surface area contributed by atoms with Crippen molar-refractivity contribution in [1.82, 2.24) is 10.6 Å². The Balaban J connectivity index is 1.62. The number of carbonyl (C=O) groups is 2. The average Bonchev–Trinajstić information content (AvgIpc) is 2.56. The van der Waals surface area contributed by atoms with E-state index in [1.54, 1.807) is 24.3 Å². The van der Waals surface area contributed by atoms with E-state index in [9.17, 15) is 9.59 Å². The summed E-state index contributed by atoms with van der Waals surface area (Å²) >= 11 is 5.96. The summed E-state index contributed by atoms with van der Waals surface area (Å²) in [5.41, 5.74) is 1.88. The second-order valence-electron chi connectivity index (χ2n) is 5.69. The molecule has 1 aromatic carbocycles. The Morgan fingerprint density at radius 3 is 2.65 bits per heavy atom. The molecule has 23 heavy (non-hydrogen) atoms. The first-order chi connectivity index (χ1) is 11.2. The number of halogens is 1. The van der Waals surface area contributed by atoms with Crippen molar-refractivity contribution in [3.63, 3.8) is 0 Å². The van der Waals surface area contributed by atoms with Crippen molar-refractivity contribution >= 4 is 23.4 Å². The molecule has 0 unspecified atom stereocenters. The van der Waals surface area contributed by atoms with Gasteiger partial charge in [0.15, 0.2) is 0 Å². The Kier molecular flexibility index (Phi) is 7.14. The zero-order chi connectivity index (χ0) is 16.5. The summed E-state index contributed by atoms with van der Waals surface area (Å²) in [7, 11) is 0. The molecule has 0 atom stereocenters. The quantitative estimate of drug-likeness (QED) is 0.750. The third-order valence-corrected chi connectivity index (χ3v) is 4.24. The number of carbonyl (C=O) groups excluding carboxylic acids is 2. The average molecular weight is 335 g/mol. The second-order valence-corrected chi connectivity index (χ2v) is 6.10. The molecule has 1 aromatic rings. The minimum atomic E-state index is -0.254. The molecular weight excluding hydrogens is 312 g/mol. The van der Waals surface area contributed by atoms with Gasteiger partial charge in [-0.25, -0.2) is 0 Å². The van der Waals surface area contributed by atoms with Crippen LogP contribution in [0.25, 0.3) is 0 Å². The standard InChI is InChI=1S/C18H23ClN2O2/c19-16-9-5-4-8-15(16)18(23)21-13-11-17(22)20-12-10-14-6-2-1-3-7-14/h4-6,8-9H,1-3,7,10-13H2,(H,20,22)(H,21,23). The van der Waals surface area contributed by atoms with Crippen LogP contribution in [0.4, 0.5) is 0 Å². The van der Waals surface area contributed by atoms with E-state index >= 15 is 0 Å². The minimum absolute atomic E-state index is 0.0409. The number of hydrogen-bond donors (Lipinski definition) is 2. The van der Waals surface area contributed by atoms with E-state index in [2.05, 4.69) is 16.7 Å². The summed E-state index contributed by atoms with van der Waals surface area (Å²) in [4.78, 5) is 23.7. The molecule has 2 rings (SSSR count). The molecule has 0 bridgehead atoms. The molecule has 2 N–H and O–H groups in total. The molecular formula is C18H23ClN2O2. The van der Waals surface area contributed by atoms with Crippen LogP contribution in [0, 0.1) is 0 Å². The van der Waals surface area contributed by atoms with Crippen LogP contribution in [0.3, 0.4) is 0 Å². The summed E-state index contributed by atoms with van der Waals surface area (Å²) in [5, 5.41) is 6.02. The topological polar surface area (TPSA) is 58.2 Å². The Labute approximate surface area is 142 Å². The molecule has 1 aliphatic carbocycles. The van der Waals surface area contributed by atoms with Crippen molar-refractivity contribution in [3.05, 3.63) is 46.5 Å². The molecule has 4 nitrogen and oxygen atoms in total. The maximum atomic E-state index is 11.9. The van der Waals surface area contributed by atoms with Gasteiger partial charge < -0.3 is 10.6 Å². The number of nitrogens with one attached hydrogen (secondary N) is 2. The van der Waals surface area contributed by atoms with E-state index in [0.29, 0.717) is 23.7 Å². The lowest BCUT2D eigenvalue weighted by atomic mass is 9.97. The molecule has 0 saturated carbocycles. The largest absolute Gasteiger partial charge is 0.356 e. The minimum Gasteiger partial charge on any atom is -0.356 e. The predicted molar refractivity (Wildman–Crippen MR) is 92.6 cm³/mol. The lowest BCUT2D eigenvalue weighted by Crippen LogP contribution is -2.31. The lowest BCUT2D eigenvalue weighted by Gasteiger charge is -2.13. The molecule has 0 aliphatic heterocycles. The Bertz CT molecular complexity index is 584. The third kappa shape index (κ3) is 6.06. The highest BCUT2D eigenvalue weighted by atomic mass is 35.5. The van der Waals surface area contributed by atoms with Crippen LogP contribution in [0.1, 0.15) is 48.9 Å². The van der Waals surface area contributed by atoms with Gasteiger partial charge in [-0.3, -0.25) is 9.59 Å². The van der Waals surface area contributed by atoms with Gasteiger partial charge in [0.05, 0.1) is 10.6 Å². The van der Waals surface area contributed by atoms with E-state index in [1.807, 2.05) is 0 Å². The van der Waals surface area contributed by atoms with E-state index < -0.39 is 0 Å². The van der Waals surface area contributed by atoms with Gasteiger partial charge >= 0.3 is 0 Å². The summed E-state index contributed by atoms with van der Waals surface area (Å²) < 4.78 is 0. The molecule has 2 amide bonds. The monoisotopic (exact) mass is 334 g/mol. The predicted octanol–water partition coefficient (Wildman–Crippen LogP) is 3.47. The van der Waals surface area contributed by atoms with Gasteiger partial charge in [0.1, 0.15) is 0 Å². The molecule has 0 fully saturated rings. The molecule has 124 valence electrons. The van der Waals surface area contributed by atoms with Gasteiger partial charge in [-0.15, -0.1) is 0 Å². The number of allylic oxidation sites excluding steroid dienone is 1. The van der Waals surface area contributed by atoms with Crippen LogP contribution in [0.2, 0.25) is 5.02 Å². The number of hydrogen-bond acceptors (Lipinski definition) is 2. The van der Waals surface area contributed by atoms with E-state index in [0.717, 1.165) is 19.3 Å². The van der Waals surface area contributed by atoms with Gasteiger partial charge in [0, 0.05) is 19.5 Å². The van der Waals surface area contributed by atoms with Gasteiger partial charge in [-0.1, -0.05) is 35.4 Å². The van der Waals surface area contributed by atoms with Crippen molar-refractivity contribution in [2.45, 2.75) is 38.5 Å². The highest BCUT2D eigenvalue weighted by Crippen LogP contribution is 2.19. The SMILES string of the molecule is O=C(CCNC(=O)c1ccccc1Cl)NCCC1=CCCCC1. The number of benzene rings is 1. The highest BCUT2D eigenvalue weighted by Gasteiger charge is 2.10.